The fourth-order valence-electron chi connectivity index (χ4n) is 3.10. The molecule has 2 N–H and O–H groups in total. The average Bonchev–Trinajstić information content (AvgIpc) is 3.19. The lowest BCUT2D eigenvalue weighted by atomic mass is 10.2. The normalized spacial score (nSPS) is 10.9. The number of carbonyl (C=O) groups excluding carboxylic acids is 3. The molecule has 2 amide bonds. The second-order valence-electron chi connectivity index (χ2n) is 7.27. The third-order valence-corrected chi connectivity index (χ3v) is 6.96. The number of halogens is 2. The van der Waals surface area contributed by atoms with Crippen molar-refractivity contribution in [3.8, 4) is 5.75 Å². The molecule has 4 aromatic rings. The van der Waals surface area contributed by atoms with Gasteiger partial charge in [0.1, 0.15) is 10.6 Å². The Kier molecular flexibility index (Phi) is 7.45. The standard InChI is InChI=1S/C25H17Cl2N3O4S/c1-14-18(26)9-5-10-19(14)29-23(31)24(32)30-28-13-15-6-4-7-16(12-15)34-25(33)22-21(27)17-8-2-3-11-20(17)35-22/h2-13H,1H3,(H,29,31)(H,30,32)/b28-13-. The Hall–Kier alpha value is -3.72. The van der Waals surface area contributed by atoms with Crippen molar-refractivity contribution in [1.82, 2.24) is 5.43 Å². The maximum atomic E-state index is 12.6. The van der Waals surface area contributed by atoms with Crippen LogP contribution in [0.3, 0.4) is 0 Å². The van der Waals surface area contributed by atoms with Crippen LogP contribution in [-0.2, 0) is 9.59 Å². The zero-order valence-electron chi connectivity index (χ0n) is 18.2. The number of rotatable bonds is 5. The highest BCUT2D eigenvalue weighted by Gasteiger charge is 2.19. The summed E-state index contributed by atoms with van der Waals surface area (Å²) >= 11 is 13.6. The van der Waals surface area contributed by atoms with Gasteiger partial charge in [0, 0.05) is 20.8 Å². The summed E-state index contributed by atoms with van der Waals surface area (Å²) in [6.07, 6.45) is 1.32. The summed E-state index contributed by atoms with van der Waals surface area (Å²) in [6.45, 7) is 1.72. The van der Waals surface area contributed by atoms with Crippen LogP contribution in [0, 0.1) is 6.92 Å². The number of hydrogen-bond acceptors (Lipinski definition) is 6. The molecule has 176 valence electrons. The second kappa shape index (κ2) is 10.7. The van der Waals surface area contributed by atoms with Crippen molar-refractivity contribution < 1.29 is 19.1 Å². The van der Waals surface area contributed by atoms with E-state index in [0.29, 0.717) is 31.7 Å². The highest BCUT2D eigenvalue weighted by Crippen LogP contribution is 2.35. The Morgan fingerprint density at radius 1 is 0.971 bits per heavy atom. The molecule has 0 saturated heterocycles. The molecule has 7 nitrogen and oxygen atoms in total. The minimum absolute atomic E-state index is 0.271. The SMILES string of the molecule is Cc1c(Cl)cccc1NC(=O)C(=O)N/N=C\c1cccc(OC(=O)c2sc3ccccc3c2Cl)c1. The van der Waals surface area contributed by atoms with Gasteiger partial charge in [-0.15, -0.1) is 11.3 Å². The number of benzene rings is 3. The van der Waals surface area contributed by atoms with Gasteiger partial charge in [-0.2, -0.15) is 5.10 Å². The van der Waals surface area contributed by atoms with Crippen molar-refractivity contribution in [3.63, 3.8) is 0 Å². The van der Waals surface area contributed by atoms with Crippen molar-refractivity contribution in [2.75, 3.05) is 5.32 Å². The molecule has 35 heavy (non-hydrogen) atoms. The van der Waals surface area contributed by atoms with Crippen molar-refractivity contribution in [1.29, 1.82) is 0 Å². The van der Waals surface area contributed by atoms with E-state index in [1.54, 1.807) is 49.4 Å². The number of fused-ring (bicyclic) bond motifs is 1. The van der Waals surface area contributed by atoms with Gasteiger partial charge in [-0.05, 0) is 48.4 Å². The summed E-state index contributed by atoms with van der Waals surface area (Å²) in [4.78, 5) is 37.1. The Morgan fingerprint density at radius 2 is 1.74 bits per heavy atom. The molecule has 10 heteroatoms. The molecular formula is C25H17Cl2N3O4S. The molecule has 0 aliphatic heterocycles. The molecule has 0 unspecified atom stereocenters. The Morgan fingerprint density at radius 3 is 2.54 bits per heavy atom. The Bertz CT molecular complexity index is 1480. The van der Waals surface area contributed by atoms with Crippen LogP contribution in [0.15, 0.2) is 71.8 Å². The molecule has 0 spiro atoms. The Balaban J connectivity index is 1.38. The van der Waals surface area contributed by atoms with Gasteiger partial charge in [0.05, 0.1) is 11.2 Å². The number of nitrogens with one attached hydrogen (secondary N) is 2. The van der Waals surface area contributed by atoms with Gasteiger partial charge < -0.3 is 10.1 Å². The van der Waals surface area contributed by atoms with Crippen LogP contribution in [0.4, 0.5) is 5.69 Å². The van der Waals surface area contributed by atoms with Crippen LogP contribution < -0.4 is 15.5 Å². The number of carbonyl (C=O) groups is 3. The first kappa shape index (κ1) is 24.4. The van der Waals surface area contributed by atoms with Gasteiger partial charge in [0.25, 0.3) is 0 Å². The number of esters is 1. The lowest BCUT2D eigenvalue weighted by Gasteiger charge is -2.08. The molecule has 4 rings (SSSR count). The number of hydrazone groups is 1. The van der Waals surface area contributed by atoms with Crippen molar-refractivity contribution in [3.05, 3.63) is 92.8 Å². The maximum Gasteiger partial charge on any atom is 0.355 e. The predicted octanol–water partition coefficient (Wildman–Crippen LogP) is 5.82. The summed E-state index contributed by atoms with van der Waals surface area (Å²) in [7, 11) is 0. The highest BCUT2D eigenvalue weighted by molar-refractivity contribution is 7.21. The molecule has 0 atom stereocenters. The predicted molar refractivity (Wildman–Crippen MR) is 139 cm³/mol. The monoisotopic (exact) mass is 525 g/mol. The number of amides is 2. The van der Waals surface area contributed by atoms with Gasteiger partial charge in [0.2, 0.25) is 0 Å². The first-order valence-electron chi connectivity index (χ1n) is 10.2. The maximum absolute atomic E-state index is 12.6. The largest absolute Gasteiger partial charge is 0.422 e. The third-order valence-electron chi connectivity index (χ3n) is 4.89. The average molecular weight is 526 g/mol. The topological polar surface area (TPSA) is 96.9 Å². The van der Waals surface area contributed by atoms with Crippen LogP contribution >= 0.6 is 34.5 Å². The summed E-state index contributed by atoms with van der Waals surface area (Å²) in [5, 5.41) is 7.89. The van der Waals surface area contributed by atoms with Crippen LogP contribution in [-0.4, -0.2) is 24.0 Å². The third kappa shape index (κ3) is 5.68. The van der Waals surface area contributed by atoms with Gasteiger partial charge in [0.15, 0.2) is 0 Å². The van der Waals surface area contributed by atoms with Crippen LogP contribution in [0.2, 0.25) is 10.0 Å². The van der Waals surface area contributed by atoms with E-state index in [1.807, 2.05) is 24.3 Å². The van der Waals surface area contributed by atoms with Gasteiger partial charge in [-0.1, -0.05) is 59.6 Å². The zero-order valence-corrected chi connectivity index (χ0v) is 20.5. The smallest absolute Gasteiger partial charge is 0.355 e. The summed E-state index contributed by atoms with van der Waals surface area (Å²) in [5.74, 6) is -2.16. The van der Waals surface area contributed by atoms with E-state index in [2.05, 4.69) is 15.8 Å². The fraction of sp³-hybridized carbons (Fsp3) is 0.0400. The molecule has 0 fully saturated rings. The zero-order chi connectivity index (χ0) is 24.9. The van der Waals surface area contributed by atoms with E-state index in [9.17, 15) is 14.4 Å². The van der Waals surface area contributed by atoms with Crippen LogP contribution in [0.5, 0.6) is 5.75 Å². The molecule has 0 bridgehead atoms. The fourth-order valence-corrected chi connectivity index (χ4v) is 4.65. The van der Waals surface area contributed by atoms with Crippen molar-refractivity contribution >= 4 is 74.3 Å². The molecule has 0 saturated carbocycles. The number of nitrogens with zero attached hydrogens (tertiary/aromatic N) is 1. The number of hydrogen-bond donors (Lipinski definition) is 2. The molecule has 0 aliphatic carbocycles. The second-order valence-corrected chi connectivity index (χ2v) is 9.11. The molecule has 3 aromatic carbocycles. The lowest BCUT2D eigenvalue weighted by Crippen LogP contribution is -2.32. The summed E-state index contributed by atoms with van der Waals surface area (Å²) in [6, 6.07) is 18.9. The molecule has 0 radical (unpaired) electrons. The van der Waals surface area contributed by atoms with Crippen molar-refractivity contribution in [2.45, 2.75) is 6.92 Å². The Labute approximate surface area is 214 Å². The first-order chi connectivity index (χ1) is 16.8. The lowest BCUT2D eigenvalue weighted by molar-refractivity contribution is -0.136. The first-order valence-corrected chi connectivity index (χ1v) is 11.8. The molecular weight excluding hydrogens is 509 g/mol. The van der Waals surface area contributed by atoms with E-state index in [1.165, 1.54) is 17.6 Å². The van der Waals surface area contributed by atoms with Gasteiger partial charge >= 0.3 is 17.8 Å². The summed E-state index contributed by atoms with van der Waals surface area (Å²) < 4.78 is 6.35. The van der Waals surface area contributed by atoms with E-state index in [-0.39, 0.29) is 5.75 Å². The molecule has 0 aliphatic rings. The minimum Gasteiger partial charge on any atom is -0.422 e. The number of thiophene rings is 1. The van der Waals surface area contributed by atoms with Crippen LogP contribution in [0.1, 0.15) is 20.8 Å². The van der Waals surface area contributed by atoms with Crippen LogP contribution in [0.25, 0.3) is 10.1 Å². The van der Waals surface area contributed by atoms with E-state index >= 15 is 0 Å². The van der Waals surface area contributed by atoms with E-state index < -0.39 is 17.8 Å². The van der Waals surface area contributed by atoms with Gasteiger partial charge in [-0.25, -0.2) is 10.2 Å². The summed E-state index contributed by atoms with van der Waals surface area (Å²) in [5.41, 5.74) is 3.75. The van der Waals surface area contributed by atoms with E-state index in [0.717, 1.165) is 10.1 Å². The number of ether oxygens (including phenoxy) is 1. The minimum atomic E-state index is -0.956. The highest BCUT2D eigenvalue weighted by atomic mass is 35.5. The quantitative estimate of drug-likeness (QED) is 0.113. The number of anilines is 1. The van der Waals surface area contributed by atoms with Crippen molar-refractivity contribution in [2.24, 2.45) is 5.10 Å². The van der Waals surface area contributed by atoms with Gasteiger partial charge in [-0.3, -0.25) is 9.59 Å². The molecule has 1 heterocycles. The molecule has 1 aromatic heterocycles. The van der Waals surface area contributed by atoms with E-state index in [4.69, 9.17) is 27.9 Å².